The van der Waals surface area contributed by atoms with Crippen molar-refractivity contribution in [3.8, 4) is 0 Å². The molecule has 1 aliphatic carbocycles. The number of halogens is 3. The molecule has 0 saturated carbocycles. The molecule has 0 spiro atoms. The van der Waals surface area contributed by atoms with E-state index in [4.69, 9.17) is 24.7 Å². The van der Waals surface area contributed by atoms with Crippen molar-refractivity contribution in [2.75, 3.05) is 49.8 Å². The zero-order valence-electron chi connectivity index (χ0n) is 22.1. The lowest BCUT2D eigenvalue weighted by atomic mass is 9.80. The van der Waals surface area contributed by atoms with Crippen LogP contribution in [0.1, 0.15) is 39.1 Å². The van der Waals surface area contributed by atoms with E-state index < -0.39 is 17.7 Å². The van der Waals surface area contributed by atoms with Crippen LogP contribution < -0.4 is 10.6 Å². The smallest absolute Gasteiger partial charge is 0.396 e. The number of aromatic nitrogens is 3. The highest BCUT2D eigenvalue weighted by molar-refractivity contribution is 7.93. The molecule has 37 heavy (non-hydrogen) atoms. The molecule has 1 saturated heterocycles. The molecule has 2 N–H and O–H groups in total. The van der Waals surface area contributed by atoms with Gasteiger partial charge in [-0.2, -0.15) is 17.4 Å². The summed E-state index contributed by atoms with van der Waals surface area (Å²) in [6.07, 6.45) is 3.10. The van der Waals surface area contributed by atoms with E-state index in [0.29, 0.717) is 62.9 Å². The van der Waals surface area contributed by atoms with Gasteiger partial charge < -0.3 is 15.4 Å². The van der Waals surface area contributed by atoms with Crippen molar-refractivity contribution in [2.24, 2.45) is 11.8 Å². The summed E-state index contributed by atoms with van der Waals surface area (Å²) in [6.45, 7) is 11.1. The highest BCUT2D eigenvalue weighted by Crippen LogP contribution is 2.39. The number of fused-ring (bicyclic) bond motifs is 1. The Kier molecular flexibility index (Phi) is 8.16. The number of nitrogen functional groups attached to an aromatic ring is 1. The van der Waals surface area contributed by atoms with Crippen molar-refractivity contribution in [3.05, 3.63) is 41.3 Å². The van der Waals surface area contributed by atoms with E-state index in [1.807, 2.05) is 12.1 Å². The van der Waals surface area contributed by atoms with Crippen molar-refractivity contribution in [2.45, 2.75) is 51.5 Å². The first-order valence-electron chi connectivity index (χ1n) is 12.6. The van der Waals surface area contributed by atoms with Crippen molar-refractivity contribution in [3.63, 3.8) is 0 Å². The van der Waals surface area contributed by atoms with E-state index >= 15 is 0 Å². The Bertz CT molecular complexity index is 1170. The predicted octanol–water partition coefficient (Wildman–Crippen LogP) is 4.52. The predicted molar refractivity (Wildman–Crippen MR) is 143 cm³/mol. The maximum atomic E-state index is 13.6. The Hall–Kier alpha value is -2.24. The van der Waals surface area contributed by atoms with Crippen molar-refractivity contribution >= 4 is 28.3 Å². The summed E-state index contributed by atoms with van der Waals surface area (Å²) in [4.78, 5) is 6.91. The second-order valence-electron chi connectivity index (χ2n) is 10.6. The first kappa shape index (κ1) is 27.8. The topological polar surface area (TPSA) is 77.9 Å². The van der Waals surface area contributed by atoms with Crippen LogP contribution in [0.25, 0.3) is 5.65 Å². The van der Waals surface area contributed by atoms with Crippen molar-refractivity contribution in [1.29, 1.82) is 0 Å². The molecule has 0 amide bonds. The Morgan fingerprint density at radius 1 is 1.22 bits per heavy atom. The van der Waals surface area contributed by atoms with Crippen LogP contribution in [0.4, 0.5) is 24.7 Å². The monoisotopic (exact) mass is 540 g/mol. The minimum Gasteiger partial charge on any atom is -0.396 e. The van der Waals surface area contributed by atoms with Crippen molar-refractivity contribution < 1.29 is 22.1 Å². The third-order valence-electron chi connectivity index (χ3n) is 7.10. The van der Waals surface area contributed by atoms with Gasteiger partial charge >= 0.3 is 6.18 Å². The molecule has 11 heteroatoms. The number of allylic oxidation sites excluding steroid dienone is 4. The number of imidazole rings is 1. The quantitative estimate of drug-likeness (QED) is 0.521. The molecule has 3 atom stereocenters. The molecule has 3 unspecified atom stereocenters. The lowest BCUT2D eigenvalue weighted by molar-refractivity contribution is -0.100. The zero-order valence-corrected chi connectivity index (χ0v) is 23.0. The molecule has 7 nitrogen and oxygen atoms in total. The Morgan fingerprint density at radius 3 is 2.57 bits per heavy atom. The molecule has 3 heterocycles. The summed E-state index contributed by atoms with van der Waals surface area (Å²) in [6, 6.07) is 1.81. The van der Waals surface area contributed by atoms with E-state index in [2.05, 4.69) is 31.9 Å². The number of hydrogen-bond acceptors (Lipinski definition) is 6. The summed E-state index contributed by atoms with van der Waals surface area (Å²) in [5.41, 5.74) is 8.46. The highest BCUT2D eigenvalue weighted by atomic mass is 32.2. The van der Waals surface area contributed by atoms with Crippen molar-refractivity contribution in [1.82, 2.24) is 14.6 Å². The maximum absolute atomic E-state index is 13.6. The molecular formula is C26H37F3N5O2S+. The molecule has 1 fully saturated rings. The summed E-state index contributed by atoms with van der Waals surface area (Å²) in [7, 11) is 0. The number of hydrogen-bond donors (Lipinski definition) is 1. The van der Waals surface area contributed by atoms with Gasteiger partial charge in [0.05, 0.1) is 30.3 Å². The molecule has 0 bridgehead atoms. The first-order valence-corrected chi connectivity index (χ1v) is 14.2. The number of ether oxygens (including phenoxy) is 1. The van der Waals surface area contributed by atoms with E-state index in [-0.39, 0.29) is 21.8 Å². The van der Waals surface area contributed by atoms with Crippen LogP contribution >= 0.6 is 0 Å². The Balaban J connectivity index is 1.69. The number of alkyl halides is 3. The summed E-state index contributed by atoms with van der Waals surface area (Å²) >= 11 is -0.261. The third-order valence-corrected chi connectivity index (χ3v) is 9.34. The molecule has 0 aromatic carbocycles. The fourth-order valence-electron chi connectivity index (χ4n) is 4.58. The van der Waals surface area contributed by atoms with Gasteiger partial charge in [-0.05, 0) is 39.0 Å². The van der Waals surface area contributed by atoms with Gasteiger partial charge in [-0.15, -0.1) is 5.10 Å². The lowest BCUT2D eigenvalue weighted by Crippen LogP contribution is -2.37. The molecule has 1 aliphatic heterocycles. The van der Waals surface area contributed by atoms with Gasteiger partial charge in [0.2, 0.25) is 0 Å². The second-order valence-corrected chi connectivity index (χ2v) is 13.0. The fourth-order valence-corrected chi connectivity index (χ4v) is 5.27. The van der Waals surface area contributed by atoms with Gasteiger partial charge in [-0.25, -0.2) is 9.50 Å². The van der Waals surface area contributed by atoms with Gasteiger partial charge in [0.25, 0.3) is 0 Å². The van der Waals surface area contributed by atoms with Crippen LogP contribution in [0.2, 0.25) is 0 Å². The van der Waals surface area contributed by atoms with E-state index in [1.54, 1.807) is 11.4 Å². The zero-order chi connectivity index (χ0) is 27.0. The van der Waals surface area contributed by atoms with Gasteiger partial charge in [-0.1, -0.05) is 25.2 Å². The van der Waals surface area contributed by atoms with Crippen LogP contribution in [0, 0.1) is 11.8 Å². The number of rotatable bonds is 7. The van der Waals surface area contributed by atoms with Gasteiger partial charge in [0.15, 0.2) is 16.2 Å². The highest BCUT2D eigenvalue weighted by Gasteiger charge is 2.40. The molecule has 2 aromatic rings. The SMILES string of the molecule is CC1C(C(F)(F)F)=CC=CC1Cc1c(CCO[S+](C)C(C)(C)C)nc2c(N)cc(N3CCOCC3)nn12. The first-order chi connectivity index (χ1) is 17.4. The number of nitrogens with two attached hydrogens (primary N) is 1. The number of anilines is 2. The molecule has 2 aromatic heterocycles. The molecule has 4 rings (SSSR count). The maximum Gasteiger partial charge on any atom is 0.412 e. The van der Waals surface area contributed by atoms with E-state index in [0.717, 1.165) is 11.4 Å². The normalized spacial score (nSPS) is 21.9. The summed E-state index contributed by atoms with van der Waals surface area (Å²) in [5.74, 6) is -0.339. The third kappa shape index (κ3) is 6.26. The van der Waals surface area contributed by atoms with Crippen LogP contribution in [0.15, 0.2) is 29.9 Å². The minimum absolute atomic E-state index is 0.0173. The standard InChI is InChI=1S/C26H37F3N5O2S/c1-17-18(7-6-8-19(17)26(27,28)29)15-22-21(9-12-36-37(5)25(2,3)4)31-24-20(30)16-23(32-34(22)24)33-10-13-35-14-11-33/h6-8,16-18H,9-15,30H2,1-5H3/q+1. The second kappa shape index (κ2) is 10.9. The Labute approximate surface area is 219 Å². The van der Waals surface area contributed by atoms with Crippen LogP contribution in [-0.4, -0.2) is 64.7 Å². The van der Waals surface area contributed by atoms with Gasteiger partial charge in [-0.3, -0.25) is 0 Å². The molecule has 2 aliphatic rings. The largest absolute Gasteiger partial charge is 0.412 e. The van der Waals surface area contributed by atoms with Crippen LogP contribution in [-0.2, 0) is 32.9 Å². The number of nitrogens with zero attached hydrogens (tertiary/aromatic N) is 4. The summed E-state index contributed by atoms with van der Waals surface area (Å²) in [5, 5.41) is 4.87. The van der Waals surface area contributed by atoms with E-state index in [9.17, 15) is 13.2 Å². The Morgan fingerprint density at radius 2 is 1.92 bits per heavy atom. The fraction of sp³-hybridized carbons (Fsp3) is 0.615. The minimum atomic E-state index is -4.37. The lowest BCUT2D eigenvalue weighted by Gasteiger charge is -2.29. The average Bonchev–Trinajstić information content (AvgIpc) is 3.17. The summed E-state index contributed by atoms with van der Waals surface area (Å²) < 4.78 is 54.3. The van der Waals surface area contributed by atoms with Crippen LogP contribution in [0.3, 0.4) is 0 Å². The van der Waals surface area contributed by atoms with E-state index in [1.165, 1.54) is 12.2 Å². The molecule has 204 valence electrons. The van der Waals surface area contributed by atoms with Crippen LogP contribution in [0.5, 0.6) is 0 Å². The van der Waals surface area contributed by atoms with Gasteiger partial charge in [0, 0.05) is 31.1 Å². The van der Waals surface area contributed by atoms with Gasteiger partial charge in [0.1, 0.15) is 24.0 Å². The molecular weight excluding hydrogens is 503 g/mol. The molecule has 0 radical (unpaired) electrons. The number of morpholine rings is 1. The average molecular weight is 541 g/mol.